The summed E-state index contributed by atoms with van der Waals surface area (Å²) >= 11 is 0. The fourth-order valence-corrected chi connectivity index (χ4v) is 7.57. The number of nitrogens with one attached hydrogen (secondary N) is 1. The molecular formula is C30H31F2N3O6S2. The molecule has 1 fully saturated rings. The van der Waals surface area contributed by atoms with Gasteiger partial charge in [0.2, 0.25) is 20.0 Å². The molecule has 1 aliphatic rings. The van der Waals surface area contributed by atoms with Crippen LogP contribution in [0.2, 0.25) is 0 Å². The quantitative estimate of drug-likeness (QED) is 0.298. The maximum atomic E-state index is 13.7. The first-order chi connectivity index (χ1) is 20.3. The number of piperidine rings is 1. The number of sulfonamides is 2. The van der Waals surface area contributed by atoms with Crippen molar-refractivity contribution in [3.05, 3.63) is 89.0 Å². The van der Waals surface area contributed by atoms with Crippen LogP contribution in [0, 0.1) is 11.6 Å². The molecule has 228 valence electrons. The lowest BCUT2D eigenvalue weighted by atomic mass is 9.89. The summed E-state index contributed by atoms with van der Waals surface area (Å²) in [4.78, 5) is 13.1. The number of hydrogen-bond acceptors (Lipinski definition) is 6. The fourth-order valence-electron chi connectivity index (χ4n) is 5.46. The van der Waals surface area contributed by atoms with Crippen LogP contribution in [0.4, 0.5) is 14.5 Å². The smallest absolute Gasteiger partial charge is 0.255 e. The third-order valence-corrected chi connectivity index (χ3v) is 10.7. The first-order valence-electron chi connectivity index (χ1n) is 13.5. The third kappa shape index (κ3) is 6.29. The Bertz CT molecular complexity index is 1910. The van der Waals surface area contributed by atoms with Gasteiger partial charge in [0.25, 0.3) is 5.91 Å². The van der Waals surface area contributed by atoms with Crippen LogP contribution >= 0.6 is 0 Å². The number of halogens is 2. The van der Waals surface area contributed by atoms with Gasteiger partial charge in [-0.05, 0) is 72.4 Å². The highest BCUT2D eigenvalue weighted by molar-refractivity contribution is 7.92. The lowest BCUT2D eigenvalue weighted by Crippen LogP contribution is -2.40. The molecule has 0 bridgehead atoms. The molecule has 0 saturated carbocycles. The van der Waals surface area contributed by atoms with Gasteiger partial charge in [0.15, 0.2) is 0 Å². The standard InChI is InChI=1S/C30H31F2N3O6S2/c1-33-30(36)28-25-15-24(21-7-5-13-35(17-21)43(39,40)18-19-6-4-8-23(32)14-19)26(34(2)42(3,37)38)16-27(25)41-29(28)20-9-11-22(31)12-10-20/h4,6,8-12,14-16,21H,5,7,13,17-18H2,1-3H3,(H,33,36)/t21-/m0/s1. The summed E-state index contributed by atoms with van der Waals surface area (Å²) in [5.41, 5.74) is 2.00. The number of nitrogens with zero attached hydrogens (tertiary/aromatic N) is 2. The molecule has 1 saturated heterocycles. The number of hydrogen-bond donors (Lipinski definition) is 1. The van der Waals surface area contributed by atoms with Gasteiger partial charge < -0.3 is 9.73 Å². The Kier molecular flexibility index (Phi) is 8.34. The minimum atomic E-state index is -3.84. The van der Waals surface area contributed by atoms with Crippen molar-refractivity contribution < 1.29 is 34.8 Å². The molecule has 3 aromatic carbocycles. The molecule has 5 rings (SSSR count). The van der Waals surface area contributed by atoms with E-state index >= 15 is 0 Å². The third-order valence-electron chi connectivity index (χ3n) is 7.69. The topological polar surface area (TPSA) is 117 Å². The van der Waals surface area contributed by atoms with E-state index in [1.165, 1.54) is 66.9 Å². The van der Waals surface area contributed by atoms with Gasteiger partial charge in [-0.1, -0.05) is 12.1 Å². The maximum Gasteiger partial charge on any atom is 0.255 e. The second kappa shape index (κ2) is 11.7. The normalized spacial score (nSPS) is 16.3. The molecule has 9 nitrogen and oxygen atoms in total. The van der Waals surface area contributed by atoms with Crippen molar-refractivity contribution in [1.82, 2.24) is 9.62 Å². The fraction of sp³-hybridized carbons (Fsp3) is 0.300. The van der Waals surface area contributed by atoms with Crippen LogP contribution in [-0.4, -0.2) is 60.5 Å². The molecule has 0 aliphatic carbocycles. The van der Waals surface area contributed by atoms with Crippen LogP contribution in [0.1, 0.15) is 40.2 Å². The van der Waals surface area contributed by atoms with Gasteiger partial charge in [-0.25, -0.2) is 29.9 Å². The minimum Gasteiger partial charge on any atom is -0.455 e. The Morgan fingerprint density at radius 1 is 1.05 bits per heavy atom. The number of carbonyl (C=O) groups is 1. The van der Waals surface area contributed by atoms with Crippen molar-refractivity contribution in [2.45, 2.75) is 24.5 Å². The molecule has 1 aliphatic heterocycles. The number of benzene rings is 3. The van der Waals surface area contributed by atoms with E-state index in [2.05, 4.69) is 5.32 Å². The molecule has 1 aromatic heterocycles. The summed E-state index contributed by atoms with van der Waals surface area (Å²) in [6, 6.07) is 14.1. The van der Waals surface area contributed by atoms with Crippen LogP contribution in [0.5, 0.6) is 0 Å². The summed E-state index contributed by atoms with van der Waals surface area (Å²) in [5.74, 6) is -2.08. The molecule has 4 aromatic rings. The van der Waals surface area contributed by atoms with E-state index in [1.807, 2.05) is 0 Å². The van der Waals surface area contributed by atoms with Gasteiger partial charge in [0.05, 0.1) is 23.3 Å². The maximum absolute atomic E-state index is 13.7. The zero-order valence-corrected chi connectivity index (χ0v) is 25.4. The van der Waals surface area contributed by atoms with Gasteiger partial charge in [-0.15, -0.1) is 0 Å². The summed E-state index contributed by atoms with van der Waals surface area (Å²) in [5, 5.41) is 3.00. The SMILES string of the molecule is CNC(=O)c1c(-c2ccc(F)cc2)oc2cc(N(C)S(C)(=O)=O)c([C@H]3CCCN(S(=O)(=O)Cc4cccc(F)c4)C3)cc12. The van der Waals surface area contributed by atoms with Crippen molar-refractivity contribution in [3.63, 3.8) is 0 Å². The van der Waals surface area contributed by atoms with Crippen molar-refractivity contribution in [2.24, 2.45) is 0 Å². The molecule has 43 heavy (non-hydrogen) atoms. The first kappa shape index (κ1) is 30.6. The van der Waals surface area contributed by atoms with E-state index < -0.39 is 43.5 Å². The summed E-state index contributed by atoms with van der Waals surface area (Å²) < 4.78 is 88.2. The molecule has 1 amide bonds. The first-order valence-corrected chi connectivity index (χ1v) is 17.0. The van der Waals surface area contributed by atoms with Crippen LogP contribution in [0.3, 0.4) is 0 Å². The lowest BCUT2D eigenvalue weighted by molar-refractivity contribution is 0.0964. The van der Waals surface area contributed by atoms with Gasteiger partial charge in [0.1, 0.15) is 23.0 Å². The second-order valence-corrected chi connectivity index (χ2v) is 14.6. The number of furan rings is 1. The molecular weight excluding hydrogens is 600 g/mol. The van der Waals surface area contributed by atoms with Gasteiger partial charge in [-0.3, -0.25) is 9.10 Å². The zero-order chi connectivity index (χ0) is 31.1. The number of rotatable bonds is 8. The van der Waals surface area contributed by atoms with Gasteiger partial charge in [0, 0.05) is 44.2 Å². The van der Waals surface area contributed by atoms with E-state index in [-0.39, 0.29) is 41.4 Å². The van der Waals surface area contributed by atoms with E-state index in [9.17, 15) is 30.4 Å². The Hall–Kier alpha value is -3.81. The average Bonchev–Trinajstić information content (AvgIpc) is 3.34. The average molecular weight is 632 g/mol. The molecule has 0 unspecified atom stereocenters. The minimum absolute atomic E-state index is 0.0612. The van der Waals surface area contributed by atoms with E-state index in [4.69, 9.17) is 4.42 Å². The largest absolute Gasteiger partial charge is 0.455 e. The Morgan fingerprint density at radius 2 is 1.77 bits per heavy atom. The highest BCUT2D eigenvalue weighted by Gasteiger charge is 2.33. The molecule has 1 atom stereocenters. The number of carbonyl (C=O) groups excluding carboxylic acids is 1. The number of fused-ring (bicyclic) bond motifs is 1. The number of amides is 1. The van der Waals surface area contributed by atoms with Crippen molar-refractivity contribution in [1.29, 1.82) is 0 Å². The van der Waals surface area contributed by atoms with Crippen LogP contribution in [-0.2, 0) is 25.8 Å². The Morgan fingerprint density at radius 3 is 2.42 bits per heavy atom. The zero-order valence-electron chi connectivity index (χ0n) is 23.8. The second-order valence-electron chi connectivity index (χ2n) is 10.6. The Balaban J connectivity index is 1.63. The van der Waals surface area contributed by atoms with Crippen molar-refractivity contribution >= 4 is 42.6 Å². The highest BCUT2D eigenvalue weighted by atomic mass is 32.2. The van der Waals surface area contributed by atoms with E-state index in [0.717, 1.165) is 10.6 Å². The summed E-state index contributed by atoms with van der Waals surface area (Å²) in [6.07, 6.45) is 2.11. The van der Waals surface area contributed by atoms with E-state index in [1.54, 1.807) is 12.1 Å². The molecule has 1 N–H and O–H groups in total. The van der Waals surface area contributed by atoms with Gasteiger partial charge >= 0.3 is 0 Å². The summed E-state index contributed by atoms with van der Waals surface area (Å²) in [6.45, 7) is 0.323. The summed E-state index contributed by atoms with van der Waals surface area (Å²) in [7, 11) is -4.73. The van der Waals surface area contributed by atoms with Crippen molar-refractivity contribution in [3.8, 4) is 11.3 Å². The predicted octanol–water partition coefficient (Wildman–Crippen LogP) is 4.84. The van der Waals surface area contributed by atoms with Crippen LogP contribution in [0.15, 0.2) is 65.1 Å². The van der Waals surface area contributed by atoms with Crippen LogP contribution < -0.4 is 9.62 Å². The molecule has 0 radical (unpaired) electrons. The highest BCUT2D eigenvalue weighted by Crippen LogP contribution is 2.42. The Labute approximate surface area is 249 Å². The van der Waals surface area contributed by atoms with Gasteiger partial charge in [-0.2, -0.15) is 0 Å². The van der Waals surface area contributed by atoms with Crippen molar-refractivity contribution in [2.75, 3.05) is 37.7 Å². The molecule has 13 heteroatoms. The molecule has 2 heterocycles. The predicted molar refractivity (Wildman–Crippen MR) is 161 cm³/mol. The monoisotopic (exact) mass is 631 g/mol. The molecule has 0 spiro atoms. The number of anilines is 1. The van der Waals surface area contributed by atoms with E-state index in [0.29, 0.717) is 34.9 Å². The van der Waals surface area contributed by atoms with Crippen LogP contribution in [0.25, 0.3) is 22.3 Å². The lowest BCUT2D eigenvalue weighted by Gasteiger charge is -2.34.